The molecule has 2 nitrogen and oxygen atoms in total. The zero-order chi connectivity index (χ0) is 44.3. The Kier molecular flexibility index (Phi) is 9.40. The van der Waals surface area contributed by atoms with Gasteiger partial charge in [0.25, 0.3) is 0 Å². The third-order valence-corrected chi connectivity index (χ3v) is 14.6. The first-order chi connectivity index (χ1) is 33.2. The number of nitrogens with zero attached hydrogens (tertiary/aromatic N) is 2. The van der Waals surface area contributed by atoms with Gasteiger partial charge in [-0.05, 0) is 116 Å². The van der Waals surface area contributed by atoms with E-state index >= 15 is 0 Å². The lowest BCUT2D eigenvalue weighted by Crippen LogP contribution is -2.10. The van der Waals surface area contributed by atoms with E-state index in [0.29, 0.717) is 0 Å². The molecule has 0 atom stereocenters. The van der Waals surface area contributed by atoms with Gasteiger partial charge in [0.05, 0.1) is 16.7 Å². The molecular formula is C64H42N2S. The Labute approximate surface area is 393 Å². The Bertz CT molecular complexity index is 3940. The zero-order valence-corrected chi connectivity index (χ0v) is 37.4. The van der Waals surface area contributed by atoms with Gasteiger partial charge in [-0.1, -0.05) is 194 Å². The van der Waals surface area contributed by atoms with Crippen molar-refractivity contribution in [2.45, 2.75) is 0 Å². The molecule has 0 bridgehead atoms. The number of rotatable bonds is 8. The second-order valence-corrected chi connectivity index (χ2v) is 18.3. The minimum absolute atomic E-state index is 1.10. The predicted molar refractivity (Wildman–Crippen MR) is 288 cm³/mol. The fourth-order valence-corrected chi connectivity index (χ4v) is 11.6. The van der Waals surface area contributed by atoms with Crippen LogP contribution in [0.3, 0.4) is 0 Å². The third-order valence-electron chi connectivity index (χ3n) is 13.4. The summed E-state index contributed by atoms with van der Waals surface area (Å²) in [5.74, 6) is 0. The van der Waals surface area contributed by atoms with E-state index in [-0.39, 0.29) is 0 Å². The van der Waals surface area contributed by atoms with Crippen molar-refractivity contribution >= 4 is 81.1 Å². The van der Waals surface area contributed by atoms with E-state index in [1.54, 1.807) is 0 Å². The maximum Gasteiger partial charge on any atom is 0.0555 e. The topological polar surface area (TPSA) is 8.17 Å². The number of anilines is 3. The number of aromatic nitrogens is 1. The smallest absolute Gasteiger partial charge is 0.0555 e. The largest absolute Gasteiger partial charge is 0.310 e. The van der Waals surface area contributed by atoms with Crippen molar-refractivity contribution in [1.82, 2.24) is 4.57 Å². The van der Waals surface area contributed by atoms with Crippen molar-refractivity contribution in [3.63, 3.8) is 0 Å². The van der Waals surface area contributed by atoms with Gasteiger partial charge in [-0.15, -0.1) is 11.3 Å². The minimum atomic E-state index is 1.10. The van der Waals surface area contributed by atoms with Crippen LogP contribution >= 0.6 is 11.3 Å². The molecule has 13 aromatic rings. The molecule has 0 aliphatic heterocycles. The normalized spacial score (nSPS) is 11.6. The second kappa shape index (κ2) is 16.2. The molecular weight excluding hydrogens is 829 g/mol. The number of benzene rings is 11. The molecule has 0 amide bonds. The third kappa shape index (κ3) is 6.63. The van der Waals surface area contributed by atoms with Crippen molar-refractivity contribution in [3.8, 4) is 50.2 Å². The van der Waals surface area contributed by atoms with E-state index in [4.69, 9.17) is 0 Å². The summed E-state index contributed by atoms with van der Waals surface area (Å²) in [5.41, 5.74) is 16.6. The van der Waals surface area contributed by atoms with Crippen molar-refractivity contribution in [2.24, 2.45) is 0 Å². The van der Waals surface area contributed by atoms with E-state index in [0.717, 1.165) is 22.7 Å². The molecule has 67 heavy (non-hydrogen) atoms. The van der Waals surface area contributed by atoms with E-state index in [2.05, 4.69) is 264 Å². The van der Waals surface area contributed by atoms with Crippen LogP contribution in [0.2, 0.25) is 0 Å². The molecule has 0 unspecified atom stereocenters. The molecule has 0 saturated carbocycles. The van der Waals surface area contributed by atoms with Crippen LogP contribution in [0.25, 0.3) is 103 Å². The maximum atomic E-state index is 2.45. The summed E-state index contributed by atoms with van der Waals surface area (Å²) < 4.78 is 4.96. The first-order valence-electron chi connectivity index (χ1n) is 22.9. The summed E-state index contributed by atoms with van der Waals surface area (Å²) in [7, 11) is 0. The number of hydrogen-bond donors (Lipinski definition) is 0. The maximum absolute atomic E-state index is 2.45. The molecule has 0 N–H and O–H groups in total. The molecule has 2 aromatic heterocycles. The van der Waals surface area contributed by atoms with Crippen molar-refractivity contribution < 1.29 is 0 Å². The molecule has 0 fully saturated rings. The second-order valence-electron chi connectivity index (χ2n) is 17.2. The van der Waals surface area contributed by atoms with Crippen molar-refractivity contribution in [2.75, 3.05) is 4.90 Å². The van der Waals surface area contributed by atoms with E-state index < -0.39 is 0 Å². The Balaban J connectivity index is 0.948. The van der Waals surface area contributed by atoms with Gasteiger partial charge in [-0.2, -0.15) is 0 Å². The van der Waals surface area contributed by atoms with Crippen LogP contribution < -0.4 is 4.90 Å². The Hall–Kier alpha value is -8.50. The van der Waals surface area contributed by atoms with Gasteiger partial charge in [0, 0.05) is 48.0 Å². The monoisotopic (exact) mass is 870 g/mol. The summed E-state index contributed by atoms with van der Waals surface area (Å²) >= 11 is 1.88. The lowest BCUT2D eigenvalue weighted by molar-refractivity contribution is 1.18. The molecule has 0 spiro atoms. The summed E-state index contributed by atoms with van der Waals surface area (Å²) in [6, 6.07) is 93.0. The SMILES string of the molecule is c1ccc(-c2ccc(N(c3ccc(-c4ccc(-c5cccc6ccccc56)cc4)cc3)c3ccc(-c4cccc5c4c4ccccc4n5-c4ccccc4)cc3)c3c2sc2ccccc23)cc1. The molecule has 0 radical (unpaired) electrons. The number of fused-ring (bicyclic) bond motifs is 7. The van der Waals surface area contributed by atoms with E-state index in [1.807, 2.05) is 11.3 Å². The number of para-hydroxylation sites is 2. The summed E-state index contributed by atoms with van der Waals surface area (Å²) in [4.78, 5) is 2.45. The Morgan fingerprint density at radius 1 is 0.313 bits per heavy atom. The van der Waals surface area contributed by atoms with Gasteiger partial charge in [0.1, 0.15) is 0 Å². The van der Waals surface area contributed by atoms with Crippen LogP contribution in [0, 0.1) is 0 Å². The van der Waals surface area contributed by atoms with Crippen LogP contribution in [0.5, 0.6) is 0 Å². The van der Waals surface area contributed by atoms with Gasteiger partial charge >= 0.3 is 0 Å². The van der Waals surface area contributed by atoms with Crippen molar-refractivity contribution in [1.29, 1.82) is 0 Å². The lowest BCUT2D eigenvalue weighted by Gasteiger charge is -2.27. The standard InChI is InChI=1S/C64H42N2S/c1-3-15-46(16-4-1)55-41-42-60(63-57-23-10-12-28-61(57)67-64(55)63)65(50-37-33-44(34-38-50)43-29-31-47(32-30-43)53-24-13-18-45-17-7-8-21-52(45)53)51-39-35-48(36-40-51)54-25-14-27-59-62(54)56-22-9-11-26-58(56)66(59)49-19-5-2-6-20-49/h1-42H. The van der Waals surface area contributed by atoms with Gasteiger partial charge in [0.2, 0.25) is 0 Å². The lowest BCUT2D eigenvalue weighted by atomic mass is 9.96. The Morgan fingerprint density at radius 3 is 1.60 bits per heavy atom. The fourth-order valence-electron chi connectivity index (χ4n) is 10.3. The fraction of sp³-hybridized carbons (Fsp3) is 0. The zero-order valence-electron chi connectivity index (χ0n) is 36.6. The quantitative estimate of drug-likeness (QED) is 0.148. The highest BCUT2D eigenvalue weighted by Gasteiger charge is 2.22. The molecule has 0 aliphatic rings. The van der Waals surface area contributed by atoms with Crippen molar-refractivity contribution in [3.05, 3.63) is 255 Å². The van der Waals surface area contributed by atoms with E-state index in [9.17, 15) is 0 Å². The summed E-state index contributed by atoms with van der Waals surface area (Å²) in [5, 5.41) is 7.56. The van der Waals surface area contributed by atoms with Gasteiger partial charge in [-0.3, -0.25) is 0 Å². The summed E-state index contributed by atoms with van der Waals surface area (Å²) in [6.07, 6.45) is 0. The van der Waals surface area contributed by atoms with Crippen LogP contribution in [-0.4, -0.2) is 4.57 Å². The molecule has 3 heteroatoms. The number of thiophene rings is 1. The molecule has 0 aliphatic carbocycles. The molecule has 0 saturated heterocycles. The van der Waals surface area contributed by atoms with Crippen LogP contribution in [-0.2, 0) is 0 Å². The highest BCUT2D eigenvalue weighted by atomic mass is 32.1. The molecule has 314 valence electrons. The Morgan fingerprint density at radius 2 is 0.836 bits per heavy atom. The minimum Gasteiger partial charge on any atom is -0.310 e. The van der Waals surface area contributed by atoms with Crippen LogP contribution in [0.4, 0.5) is 17.1 Å². The molecule has 11 aromatic carbocycles. The van der Waals surface area contributed by atoms with E-state index in [1.165, 1.54) is 97.3 Å². The number of hydrogen-bond acceptors (Lipinski definition) is 2. The predicted octanol–water partition coefficient (Wildman–Crippen LogP) is 18.4. The highest BCUT2D eigenvalue weighted by Crippen LogP contribution is 2.49. The van der Waals surface area contributed by atoms with Gasteiger partial charge in [0.15, 0.2) is 0 Å². The highest BCUT2D eigenvalue weighted by molar-refractivity contribution is 7.26. The van der Waals surface area contributed by atoms with Gasteiger partial charge < -0.3 is 9.47 Å². The van der Waals surface area contributed by atoms with Crippen LogP contribution in [0.1, 0.15) is 0 Å². The molecule has 13 rings (SSSR count). The average Bonchev–Trinajstić information content (AvgIpc) is 3.97. The summed E-state index contributed by atoms with van der Waals surface area (Å²) in [6.45, 7) is 0. The molecule has 2 heterocycles. The first kappa shape index (κ1) is 38.9. The first-order valence-corrected chi connectivity index (χ1v) is 23.7. The van der Waals surface area contributed by atoms with Gasteiger partial charge in [-0.25, -0.2) is 0 Å². The van der Waals surface area contributed by atoms with Crippen LogP contribution in [0.15, 0.2) is 255 Å². The average molecular weight is 871 g/mol.